The molecule has 0 amide bonds. The number of hydrogen-bond acceptors (Lipinski definition) is 2. The topological polar surface area (TPSA) is 26.3 Å². The smallest absolute Gasteiger partial charge is 0.387 e. The number of Topliss-reactive ketones (excluding diaryl/α,β-unsaturated/α-hetero) is 1. The predicted molar refractivity (Wildman–Crippen MR) is 48.0 cm³/mol. The number of benzene rings is 1. The van der Waals surface area contributed by atoms with Gasteiger partial charge in [0, 0.05) is 0 Å². The first-order valence-corrected chi connectivity index (χ1v) is 4.24. The van der Waals surface area contributed by atoms with Crippen LogP contribution in [0, 0.1) is 5.82 Å². The highest BCUT2D eigenvalue weighted by Crippen LogP contribution is 2.31. The quantitative estimate of drug-likeness (QED) is 0.756. The SMILES string of the molecule is CC(=O)c1cc(F)cc(Cl)c1OC(F)F. The van der Waals surface area contributed by atoms with Gasteiger partial charge < -0.3 is 4.74 Å². The molecule has 82 valence electrons. The van der Waals surface area contributed by atoms with Gasteiger partial charge in [-0.2, -0.15) is 8.78 Å². The van der Waals surface area contributed by atoms with Crippen molar-refractivity contribution in [2.45, 2.75) is 13.5 Å². The molecule has 0 aliphatic rings. The molecule has 0 radical (unpaired) electrons. The standard InChI is InChI=1S/C9H6ClF3O2/c1-4(14)6-2-5(11)3-7(10)8(6)15-9(12)13/h2-3,9H,1H3. The van der Waals surface area contributed by atoms with Crippen LogP contribution >= 0.6 is 11.6 Å². The first-order chi connectivity index (χ1) is 6.91. The van der Waals surface area contributed by atoms with Gasteiger partial charge >= 0.3 is 6.61 Å². The fourth-order valence-corrected chi connectivity index (χ4v) is 1.28. The largest absolute Gasteiger partial charge is 0.432 e. The van der Waals surface area contributed by atoms with Gasteiger partial charge in [-0.15, -0.1) is 0 Å². The molecule has 1 aromatic carbocycles. The van der Waals surface area contributed by atoms with Gasteiger partial charge in [-0.05, 0) is 19.1 Å². The van der Waals surface area contributed by atoms with E-state index in [1.165, 1.54) is 0 Å². The van der Waals surface area contributed by atoms with E-state index in [2.05, 4.69) is 4.74 Å². The monoisotopic (exact) mass is 238 g/mol. The highest BCUT2D eigenvalue weighted by atomic mass is 35.5. The Morgan fingerprint density at radius 2 is 2.07 bits per heavy atom. The lowest BCUT2D eigenvalue weighted by atomic mass is 10.1. The molecule has 15 heavy (non-hydrogen) atoms. The second kappa shape index (κ2) is 4.53. The minimum absolute atomic E-state index is 0.305. The van der Waals surface area contributed by atoms with Gasteiger partial charge in [0.2, 0.25) is 0 Å². The zero-order valence-electron chi connectivity index (χ0n) is 7.56. The van der Waals surface area contributed by atoms with Gasteiger partial charge in [-0.1, -0.05) is 11.6 Å². The Morgan fingerprint density at radius 1 is 1.47 bits per heavy atom. The zero-order chi connectivity index (χ0) is 11.6. The molecular formula is C9H6ClF3O2. The summed E-state index contributed by atoms with van der Waals surface area (Å²) in [4.78, 5) is 11.0. The van der Waals surface area contributed by atoms with Crippen LogP contribution in [0.15, 0.2) is 12.1 Å². The fraction of sp³-hybridized carbons (Fsp3) is 0.222. The lowest BCUT2D eigenvalue weighted by Gasteiger charge is -2.10. The second-order valence-corrected chi connectivity index (χ2v) is 3.11. The first kappa shape index (κ1) is 11.8. The van der Waals surface area contributed by atoms with Crippen LogP contribution in [-0.2, 0) is 0 Å². The van der Waals surface area contributed by atoms with Gasteiger partial charge in [0.1, 0.15) is 5.82 Å². The van der Waals surface area contributed by atoms with Crippen molar-refractivity contribution in [1.82, 2.24) is 0 Å². The maximum Gasteiger partial charge on any atom is 0.387 e. The zero-order valence-corrected chi connectivity index (χ0v) is 8.32. The van der Waals surface area contributed by atoms with E-state index in [-0.39, 0.29) is 10.6 Å². The van der Waals surface area contributed by atoms with E-state index in [0.717, 1.165) is 19.1 Å². The molecule has 0 atom stereocenters. The maximum atomic E-state index is 12.8. The van der Waals surface area contributed by atoms with Gasteiger partial charge in [0.05, 0.1) is 10.6 Å². The number of ether oxygens (including phenoxy) is 1. The summed E-state index contributed by atoms with van der Waals surface area (Å²) >= 11 is 5.47. The van der Waals surface area contributed by atoms with Gasteiger partial charge in [0.15, 0.2) is 11.5 Å². The van der Waals surface area contributed by atoms with Gasteiger partial charge in [-0.3, -0.25) is 4.79 Å². The number of carbonyl (C=O) groups is 1. The van der Waals surface area contributed by atoms with Crippen LogP contribution in [0.2, 0.25) is 5.02 Å². The molecule has 0 aliphatic carbocycles. The number of rotatable bonds is 3. The average molecular weight is 239 g/mol. The molecule has 2 nitrogen and oxygen atoms in total. The Labute approximate surface area is 88.6 Å². The summed E-state index contributed by atoms with van der Waals surface area (Å²) < 4.78 is 40.8. The number of alkyl halides is 2. The Kier molecular flexibility index (Phi) is 3.57. The maximum absolute atomic E-state index is 12.8. The molecule has 0 saturated carbocycles. The van der Waals surface area contributed by atoms with E-state index < -0.39 is 24.0 Å². The van der Waals surface area contributed by atoms with E-state index >= 15 is 0 Å². The summed E-state index contributed by atoms with van der Waals surface area (Å²) in [5.41, 5.74) is -0.305. The summed E-state index contributed by atoms with van der Waals surface area (Å²) in [6.07, 6.45) is 0. The summed E-state index contributed by atoms with van der Waals surface area (Å²) in [5, 5.41) is -0.361. The fourth-order valence-electron chi connectivity index (χ4n) is 1.03. The molecule has 6 heteroatoms. The van der Waals surface area contributed by atoms with Crippen LogP contribution < -0.4 is 4.74 Å². The lowest BCUT2D eigenvalue weighted by Crippen LogP contribution is -2.07. The molecule has 1 rings (SSSR count). The number of halogens is 4. The van der Waals surface area contributed by atoms with Crippen molar-refractivity contribution in [2.75, 3.05) is 0 Å². The van der Waals surface area contributed by atoms with Crippen molar-refractivity contribution >= 4 is 17.4 Å². The molecule has 0 fully saturated rings. The molecule has 0 aromatic heterocycles. The summed E-state index contributed by atoms with van der Waals surface area (Å²) in [6, 6.07) is 1.59. The third-order valence-corrected chi connectivity index (χ3v) is 1.88. The highest BCUT2D eigenvalue weighted by molar-refractivity contribution is 6.32. The Bertz CT molecular complexity index is 393. The van der Waals surface area contributed by atoms with E-state index in [1.807, 2.05) is 0 Å². The number of carbonyl (C=O) groups excluding carboxylic acids is 1. The Hall–Kier alpha value is -1.23. The molecule has 0 aliphatic heterocycles. The highest BCUT2D eigenvalue weighted by Gasteiger charge is 2.18. The molecule has 0 N–H and O–H groups in total. The van der Waals surface area contributed by atoms with Crippen LogP contribution in [0.25, 0.3) is 0 Å². The normalized spacial score (nSPS) is 10.5. The molecule has 0 unspecified atom stereocenters. The van der Waals surface area contributed by atoms with Crippen LogP contribution in [0.3, 0.4) is 0 Å². The van der Waals surface area contributed by atoms with Crippen LogP contribution in [-0.4, -0.2) is 12.4 Å². The third kappa shape index (κ3) is 2.86. The lowest BCUT2D eigenvalue weighted by molar-refractivity contribution is -0.0501. The third-order valence-electron chi connectivity index (χ3n) is 1.59. The summed E-state index contributed by atoms with van der Waals surface area (Å²) in [5.74, 6) is -1.89. The number of ketones is 1. The molecule has 0 bridgehead atoms. The first-order valence-electron chi connectivity index (χ1n) is 3.86. The van der Waals surface area contributed by atoms with E-state index in [4.69, 9.17) is 11.6 Å². The molecular weight excluding hydrogens is 233 g/mol. The van der Waals surface area contributed by atoms with Crippen molar-refractivity contribution in [1.29, 1.82) is 0 Å². The van der Waals surface area contributed by atoms with Crippen molar-refractivity contribution in [2.24, 2.45) is 0 Å². The van der Waals surface area contributed by atoms with E-state index in [1.54, 1.807) is 0 Å². The molecule has 0 saturated heterocycles. The van der Waals surface area contributed by atoms with Crippen molar-refractivity contribution in [3.8, 4) is 5.75 Å². The Balaban J connectivity index is 3.27. The van der Waals surface area contributed by atoms with Gasteiger partial charge in [0.25, 0.3) is 0 Å². The van der Waals surface area contributed by atoms with Crippen LogP contribution in [0.5, 0.6) is 5.75 Å². The van der Waals surface area contributed by atoms with Crippen LogP contribution in [0.1, 0.15) is 17.3 Å². The van der Waals surface area contributed by atoms with Crippen LogP contribution in [0.4, 0.5) is 13.2 Å². The minimum Gasteiger partial charge on any atom is -0.432 e. The summed E-state index contributed by atoms with van der Waals surface area (Å²) in [6.45, 7) is -2.02. The van der Waals surface area contributed by atoms with E-state index in [9.17, 15) is 18.0 Å². The molecule has 1 aromatic rings. The Morgan fingerprint density at radius 3 is 2.53 bits per heavy atom. The predicted octanol–water partition coefficient (Wildman–Crippen LogP) is 3.28. The minimum atomic E-state index is -3.12. The average Bonchev–Trinajstić information content (AvgIpc) is 2.08. The second-order valence-electron chi connectivity index (χ2n) is 2.70. The van der Waals surface area contributed by atoms with Crippen molar-refractivity contribution < 1.29 is 22.7 Å². The van der Waals surface area contributed by atoms with Crippen molar-refractivity contribution in [3.05, 3.63) is 28.5 Å². The molecule has 0 heterocycles. The molecule has 0 spiro atoms. The van der Waals surface area contributed by atoms with Gasteiger partial charge in [-0.25, -0.2) is 4.39 Å². The van der Waals surface area contributed by atoms with Crippen molar-refractivity contribution in [3.63, 3.8) is 0 Å². The summed E-state index contributed by atoms with van der Waals surface area (Å²) in [7, 11) is 0. The van der Waals surface area contributed by atoms with E-state index in [0.29, 0.717) is 0 Å². The number of hydrogen-bond donors (Lipinski definition) is 0.